The molecule has 0 spiro atoms. The van der Waals surface area contributed by atoms with Gasteiger partial charge in [-0.05, 0) is 31.0 Å². The molecule has 3 N–H and O–H groups in total. The van der Waals surface area contributed by atoms with Crippen molar-refractivity contribution in [2.45, 2.75) is 38.1 Å². The lowest BCUT2D eigenvalue weighted by atomic mass is 9.99. The fourth-order valence-electron chi connectivity index (χ4n) is 3.30. The summed E-state index contributed by atoms with van der Waals surface area (Å²) >= 11 is 0. The van der Waals surface area contributed by atoms with Gasteiger partial charge in [0.2, 0.25) is 5.96 Å². The first kappa shape index (κ1) is 16.2. The zero-order chi connectivity index (χ0) is 16.9. The van der Waals surface area contributed by atoms with Crippen molar-refractivity contribution in [3.63, 3.8) is 0 Å². The van der Waals surface area contributed by atoms with Gasteiger partial charge in [0.05, 0.1) is 19.6 Å². The van der Waals surface area contributed by atoms with Crippen molar-refractivity contribution in [1.82, 2.24) is 4.90 Å². The Morgan fingerprint density at radius 2 is 2.21 bits per heavy atom. The van der Waals surface area contributed by atoms with Crippen LogP contribution in [0.4, 0.5) is 0 Å². The molecule has 24 heavy (non-hydrogen) atoms. The van der Waals surface area contributed by atoms with Crippen LogP contribution >= 0.6 is 0 Å². The maximum absolute atomic E-state index is 9.95. The number of ether oxygens (including phenoxy) is 1. The lowest BCUT2D eigenvalue weighted by Crippen LogP contribution is -2.35. The Kier molecular flexibility index (Phi) is 4.90. The third kappa shape index (κ3) is 3.46. The minimum atomic E-state index is 0.0704. The van der Waals surface area contributed by atoms with E-state index in [-0.39, 0.29) is 17.8 Å². The normalized spacial score (nSPS) is 20.9. The van der Waals surface area contributed by atoms with Crippen molar-refractivity contribution < 1.29 is 9.84 Å². The number of aliphatic imine (C=N–C) groups is 2. The van der Waals surface area contributed by atoms with Crippen molar-refractivity contribution in [3.05, 3.63) is 23.8 Å². The maximum Gasteiger partial charge on any atom is 0.230 e. The van der Waals surface area contributed by atoms with Gasteiger partial charge in [0.15, 0.2) is 0 Å². The first-order valence-electron chi connectivity index (χ1n) is 8.21. The molecule has 1 saturated heterocycles. The van der Waals surface area contributed by atoms with Gasteiger partial charge in [-0.3, -0.25) is 0 Å². The van der Waals surface area contributed by atoms with Gasteiger partial charge in [0, 0.05) is 18.2 Å². The van der Waals surface area contributed by atoms with E-state index < -0.39 is 0 Å². The van der Waals surface area contributed by atoms with E-state index >= 15 is 0 Å². The number of hydrogen-bond acceptors (Lipinski definition) is 6. The number of likely N-dealkylation sites (tertiary alicyclic amines) is 1. The number of methoxy groups -OCH3 is 1. The number of nitrogens with zero attached hydrogens (tertiary/aromatic N) is 3. The zero-order valence-electron chi connectivity index (χ0n) is 13.8. The summed E-state index contributed by atoms with van der Waals surface area (Å²) in [4.78, 5) is 10.6. The molecule has 0 saturated carbocycles. The molecule has 1 atom stereocenters. The highest BCUT2D eigenvalue weighted by Crippen LogP contribution is 2.37. The minimum absolute atomic E-state index is 0.0704. The highest BCUT2D eigenvalue weighted by molar-refractivity contribution is 5.97. The molecule has 1 fully saturated rings. The van der Waals surface area contributed by atoms with E-state index in [4.69, 9.17) is 10.5 Å². The quantitative estimate of drug-likeness (QED) is 0.818. The summed E-state index contributed by atoms with van der Waals surface area (Å²) in [6, 6.07) is 7.97. The van der Waals surface area contributed by atoms with Crippen LogP contribution in [0.5, 0.6) is 11.5 Å². The number of aromatic hydroxyl groups is 1. The molecular weight excluding hydrogens is 304 g/mol. The average Bonchev–Trinajstić information content (AvgIpc) is 2.94. The zero-order valence-corrected chi connectivity index (χ0v) is 13.8. The smallest absolute Gasteiger partial charge is 0.230 e. The largest absolute Gasteiger partial charge is 0.508 e. The highest BCUT2D eigenvalue weighted by Gasteiger charge is 2.28. The predicted octanol–water partition coefficient (Wildman–Crippen LogP) is 2.40. The highest BCUT2D eigenvalue weighted by atomic mass is 16.5. The van der Waals surface area contributed by atoms with Crippen molar-refractivity contribution in [3.8, 4) is 23.5 Å². The van der Waals surface area contributed by atoms with Crippen LogP contribution in [0, 0.1) is 12.0 Å². The van der Waals surface area contributed by atoms with Gasteiger partial charge in [-0.2, -0.15) is 9.98 Å². The van der Waals surface area contributed by atoms with Crippen LogP contribution in [0.3, 0.4) is 0 Å². The number of guanidine groups is 1. The van der Waals surface area contributed by atoms with Gasteiger partial charge in [-0.15, -0.1) is 0 Å². The Hall–Kier alpha value is -2.68. The molecule has 0 aliphatic carbocycles. The van der Waals surface area contributed by atoms with Crippen LogP contribution in [0.1, 0.15) is 43.7 Å². The molecule has 2 heterocycles. The van der Waals surface area contributed by atoms with Gasteiger partial charge in [0.25, 0.3) is 0 Å². The molecule has 0 radical (unpaired) electrons. The molecule has 1 unspecified atom stereocenters. The monoisotopic (exact) mass is 326 g/mol. The summed E-state index contributed by atoms with van der Waals surface area (Å²) in [6.07, 6.45) is 4.84. The first-order valence-corrected chi connectivity index (χ1v) is 8.21. The van der Waals surface area contributed by atoms with Crippen LogP contribution in [-0.2, 0) is 0 Å². The van der Waals surface area contributed by atoms with Crippen LogP contribution in [-0.4, -0.2) is 35.5 Å². The Bertz CT molecular complexity index is 730. The van der Waals surface area contributed by atoms with Crippen LogP contribution < -0.4 is 10.5 Å². The van der Waals surface area contributed by atoms with Crippen molar-refractivity contribution in [2.75, 3.05) is 13.7 Å². The van der Waals surface area contributed by atoms with Gasteiger partial charge in [-0.1, -0.05) is 18.8 Å². The summed E-state index contributed by atoms with van der Waals surface area (Å²) in [5, 5.41) is 9.95. The number of nitrogens with two attached hydrogens (primary N) is 1. The van der Waals surface area contributed by atoms with Gasteiger partial charge < -0.3 is 20.5 Å². The average molecular weight is 326 g/mol. The summed E-state index contributed by atoms with van der Waals surface area (Å²) in [5.41, 5.74) is 6.77. The fraction of sp³-hybridized carbons (Fsp3) is 0.444. The third-order valence-electron chi connectivity index (χ3n) is 4.40. The first-order chi connectivity index (χ1) is 11.7. The second-order valence-electron chi connectivity index (χ2n) is 5.95. The Labute approximate surface area is 142 Å². The van der Waals surface area contributed by atoms with Gasteiger partial charge >= 0.3 is 0 Å². The lowest BCUT2D eigenvalue weighted by Gasteiger charge is -2.33. The maximum atomic E-state index is 9.95. The number of rotatable bonds is 2. The van der Waals surface area contributed by atoms with Gasteiger partial charge in [-0.25, -0.2) is 0 Å². The molecule has 2 aliphatic rings. The molecule has 0 aromatic heterocycles. The standard InChI is InChI=1S/C18H22N4O2/c1-24-16-9-8-13(23)12-14(16)15-6-3-2-4-11-22(15)17-7-5-10-20-18(19)21-17/h8-9,12,15,23H,2-4,6-7,11H2,1H3,(H2,19,20). The summed E-state index contributed by atoms with van der Waals surface area (Å²) in [6.45, 7) is 0.872. The molecule has 126 valence electrons. The van der Waals surface area contributed by atoms with Gasteiger partial charge in [0.1, 0.15) is 17.3 Å². The number of benzene rings is 1. The SMILES string of the molecule is COc1ccc(O)cc1C1CCCCCN1C1=NC(N)=NC#CC1. The number of phenolic OH excluding ortho intramolecular Hbond substituents is 1. The van der Waals surface area contributed by atoms with Crippen LogP contribution in [0.2, 0.25) is 0 Å². The van der Waals surface area contributed by atoms with E-state index in [1.807, 2.05) is 0 Å². The van der Waals surface area contributed by atoms with E-state index in [2.05, 4.69) is 26.8 Å². The number of amidine groups is 1. The summed E-state index contributed by atoms with van der Waals surface area (Å²) < 4.78 is 5.52. The second kappa shape index (κ2) is 7.26. The molecule has 2 aliphatic heterocycles. The fourth-order valence-corrected chi connectivity index (χ4v) is 3.30. The molecule has 6 heteroatoms. The van der Waals surface area contributed by atoms with E-state index in [0.29, 0.717) is 6.42 Å². The summed E-state index contributed by atoms with van der Waals surface area (Å²) in [5.74, 6) is 5.02. The minimum Gasteiger partial charge on any atom is -0.508 e. The third-order valence-corrected chi connectivity index (χ3v) is 4.40. The molecular formula is C18H22N4O2. The molecule has 3 rings (SSSR count). The number of hydrogen-bond donors (Lipinski definition) is 2. The van der Waals surface area contributed by atoms with E-state index in [1.165, 1.54) is 0 Å². The van der Waals surface area contributed by atoms with Crippen molar-refractivity contribution in [2.24, 2.45) is 15.7 Å². The Morgan fingerprint density at radius 1 is 1.33 bits per heavy atom. The molecule has 6 nitrogen and oxygen atoms in total. The molecule has 0 bridgehead atoms. The van der Waals surface area contributed by atoms with Crippen LogP contribution in [0.15, 0.2) is 28.2 Å². The van der Waals surface area contributed by atoms with Crippen molar-refractivity contribution in [1.29, 1.82) is 0 Å². The predicted molar refractivity (Wildman–Crippen MR) is 94.0 cm³/mol. The topological polar surface area (TPSA) is 83.4 Å². The lowest BCUT2D eigenvalue weighted by molar-refractivity contribution is 0.304. The molecule has 0 amide bonds. The molecule has 1 aromatic carbocycles. The van der Waals surface area contributed by atoms with E-state index in [9.17, 15) is 5.11 Å². The Morgan fingerprint density at radius 3 is 3.04 bits per heavy atom. The Balaban J connectivity index is 2.02. The summed E-state index contributed by atoms with van der Waals surface area (Å²) in [7, 11) is 1.65. The number of phenols is 1. The second-order valence-corrected chi connectivity index (χ2v) is 5.95. The van der Waals surface area contributed by atoms with E-state index in [1.54, 1.807) is 25.3 Å². The van der Waals surface area contributed by atoms with Crippen LogP contribution in [0.25, 0.3) is 0 Å². The molecule has 1 aromatic rings. The van der Waals surface area contributed by atoms with E-state index in [0.717, 1.165) is 49.4 Å². The van der Waals surface area contributed by atoms with Crippen molar-refractivity contribution >= 4 is 11.8 Å².